The van der Waals surface area contributed by atoms with Crippen LogP contribution in [-0.4, -0.2) is 34.3 Å². The molecule has 0 spiro atoms. The second-order valence-corrected chi connectivity index (χ2v) is 2.87. The third kappa shape index (κ3) is 2.68. The zero-order valence-corrected chi connectivity index (χ0v) is 7.67. The normalized spacial score (nSPS) is 17.3. The van der Waals surface area contributed by atoms with Crippen molar-refractivity contribution in [2.75, 3.05) is 0 Å². The van der Waals surface area contributed by atoms with Crippen molar-refractivity contribution in [2.45, 2.75) is 24.1 Å². The van der Waals surface area contributed by atoms with Crippen LogP contribution in [0, 0.1) is 0 Å². The molecule has 1 atom stereocenters. The Labute approximate surface area is 91.1 Å². The number of hydrogen-bond donors (Lipinski definition) is 2. The van der Waals surface area contributed by atoms with Gasteiger partial charge in [-0.2, -0.15) is 43.9 Å². The molecule has 0 bridgehead atoms. The van der Waals surface area contributed by atoms with Crippen LogP contribution in [0.25, 0.3) is 0 Å². The minimum Gasteiger partial charge on any atom is -0.353 e. The molecule has 0 aromatic carbocycles. The van der Waals surface area contributed by atoms with Crippen molar-refractivity contribution in [3.63, 3.8) is 0 Å². The average molecular weight is 296 g/mol. The molecule has 108 valence electrons. The van der Waals surface area contributed by atoms with E-state index in [1.165, 1.54) is 0 Å². The summed E-state index contributed by atoms with van der Waals surface area (Å²) in [6.07, 6.45) is -17.2. The fraction of sp³-hybridized carbons (Fsp3) is 0.667. The average Bonchev–Trinajstić information content (AvgIpc) is 1.95. The number of alkyl halides is 8. The SMILES string of the molecule is OC(F)(F)C(=C(F)F)C(O)(F)C(F)(F)C(F)(F)F. The smallest absolute Gasteiger partial charge is 0.353 e. The first kappa shape index (κ1) is 17.0. The monoisotopic (exact) mass is 296 g/mol. The lowest BCUT2D eigenvalue weighted by Gasteiger charge is -2.32. The van der Waals surface area contributed by atoms with E-state index in [9.17, 15) is 43.9 Å². The minimum absolute atomic E-state index is 4.09. The third-order valence-corrected chi connectivity index (χ3v) is 1.59. The summed E-state index contributed by atoms with van der Waals surface area (Å²) in [6, 6.07) is 0. The van der Waals surface area contributed by atoms with Crippen molar-refractivity contribution in [3.05, 3.63) is 11.7 Å². The molecule has 0 amide bonds. The van der Waals surface area contributed by atoms with E-state index in [1.54, 1.807) is 0 Å². The number of aliphatic hydroxyl groups is 2. The van der Waals surface area contributed by atoms with Crippen molar-refractivity contribution >= 4 is 0 Å². The zero-order valence-electron chi connectivity index (χ0n) is 7.67. The molecule has 0 aliphatic rings. The fourth-order valence-electron chi connectivity index (χ4n) is 0.783. The van der Waals surface area contributed by atoms with E-state index in [2.05, 4.69) is 0 Å². The van der Waals surface area contributed by atoms with Gasteiger partial charge in [-0.15, -0.1) is 0 Å². The molecule has 0 aliphatic carbocycles. The molecule has 0 saturated carbocycles. The Morgan fingerprint density at radius 1 is 0.722 bits per heavy atom. The highest BCUT2D eigenvalue weighted by molar-refractivity contribution is 5.23. The molecule has 2 nitrogen and oxygen atoms in total. The molecular formula is C6H2F10O2. The highest BCUT2D eigenvalue weighted by Gasteiger charge is 2.76. The first-order valence-corrected chi connectivity index (χ1v) is 3.59. The molecule has 0 aromatic heterocycles. The molecule has 0 radical (unpaired) electrons. The van der Waals surface area contributed by atoms with E-state index in [1.807, 2.05) is 0 Å². The summed E-state index contributed by atoms with van der Waals surface area (Å²) in [5, 5.41) is 15.7. The number of hydrogen-bond acceptors (Lipinski definition) is 2. The van der Waals surface area contributed by atoms with E-state index >= 15 is 0 Å². The summed E-state index contributed by atoms with van der Waals surface area (Å²) >= 11 is 0. The Balaban J connectivity index is 6.01. The predicted molar refractivity (Wildman–Crippen MR) is 33.5 cm³/mol. The minimum atomic E-state index is -7.00. The maximum absolute atomic E-state index is 12.7. The van der Waals surface area contributed by atoms with Crippen LogP contribution in [0.3, 0.4) is 0 Å². The van der Waals surface area contributed by atoms with Gasteiger partial charge in [0, 0.05) is 0 Å². The van der Waals surface area contributed by atoms with Crippen LogP contribution in [0.2, 0.25) is 0 Å². The van der Waals surface area contributed by atoms with Gasteiger partial charge in [0.05, 0.1) is 0 Å². The zero-order chi connectivity index (χ0) is 15.2. The van der Waals surface area contributed by atoms with Gasteiger partial charge in [0.1, 0.15) is 0 Å². The maximum Gasteiger partial charge on any atom is 0.459 e. The van der Waals surface area contributed by atoms with Crippen LogP contribution in [0.1, 0.15) is 0 Å². The quantitative estimate of drug-likeness (QED) is 0.786. The van der Waals surface area contributed by atoms with Crippen LogP contribution in [0.4, 0.5) is 43.9 Å². The van der Waals surface area contributed by atoms with E-state index < -0.39 is 35.7 Å². The molecule has 0 aromatic rings. The van der Waals surface area contributed by atoms with Gasteiger partial charge < -0.3 is 10.2 Å². The molecule has 18 heavy (non-hydrogen) atoms. The van der Waals surface area contributed by atoms with Gasteiger partial charge in [-0.3, -0.25) is 0 Å². The summed E-state index contributed by atoms with van der Waals surface area (Å²) in [5.74, 6) is -13.5. The van der Waals surface area contributed by atoms with Crippen LogP contribution >= 0.6 is 0 Å². The van der Waals surface area contributed by atoms with Crippen LogP contribution in [0.5, 0.6) is 0 Å². The van der Waals surface area contributed by atoms with Crippen molar-refractivity contribution in [2.24, 2.45) is 0 Å². The first-order valence-electron chi connectivity index (χ1n) is 3.59. The van der Waals surface area contributed by atoms with Crippen LogP contribution in [-0.2, 0) is 0 Å². The van der Waals surface area contributed by atoms with Crippen molar-refractivity contribution in [3.8, 4) is 0 Å². The van der Waals surface area contributed by atoms with Crippen LogP contribution < -0.4 is 0 Å². The lowest BCUT2D eigenvalue weighted by Crippen LogP contribution is -2.58. The van der Waals surface area contributed by atoms with Gasteiger partial charge in [0.15, 0.2) is 5.57 Å². The number of rotatable bonds is 3. The summed E-state index contributed by atoms with van der Waals surface area (Å²) in [4.78, 5) is 0. The fourth-order valence-corrected chi connectivity index (χ4v) is 0.783. The molecule has 1 unspecified atom stereocenters. The lowest BCUT2D eigenvalue weighted by atomic mass is 10.0. The standard InChI is InChI=1S/C6H2F10O2/c7-2(8)1(4(10,11)18)3(9,17)5(12,13)6(14,15)16/h17-18H. The molecule has 0 fully saturated rings. The van der Waals surface area contributed by atoms with Gasteiger partial charge in [0.25, 0.3) is 6.08 Å². The van der Waals surface area contributed by atoms with Gasteiger partial charge in [-0.1, -0.05) is 0 Å². The lowest BCUT2D eigenvalue weighted by molar-refractivity contribution is -0.371. The number of halogens is 10. The second kappa shape index (κ2) is 4.26. The van der Waals surface area contributed by atoms with E-state index in [0.29, 0.717) is 0 Å². The largest absolute Gasteiger partial charge is 0.459 e. The Hall–Kier alpha value is -1.04. The Morgan fingerprint density at radius 2 is 1.06 bits per heavy atom. The van der Waals surface area contributed by atoms with E-state index in [4.69, 9.17) is 10.2 Å². The first-order chi connectivity index (χ1) is 7.57. The predicted octanol–water partition coefficient (Wildman–Crippen LogP) is 2.58. The highest BCUT2D eigenvalue weighted by Crippen LogP contribution is 2.51. The van der Waals surface area contributed by atoms with Crippen molar-refractivity contribution in [1.82, 2.24) is 0 Å². The summed E-state index contributed by atoms with van der Waals surface area (Å²) in [5.41, 5.74) is -4.09. The molecule has 0 heterocycles. The van der Waals surface area contributed by atoms with Crippen molar-refractivity contribution < 1.29 is 54.1 Å². The summed E-state index contributed by atoms with van der Waals surface area (Å²) in [7, 11) is 0. The topological polar surface area (TPSA) is 40.5 Å². The summed E-state index contributed by atoms with van der Waals surface area (Å²) in [6.45, 7) is 0. The molecule has 0 saturated heterocycles. The molecular weight excluding hydrogens is 294 g/mol. The van der Waals surface area contributed by atoms with Gasteiger partial charge in [0.2, 0.25) is 0 Å². The third-order valence-electron chi connectivity index (χ3n) is 1.59. The van der Waals surface area contributed by atoms with Crippen LogP contribution in [0.15, 0.2) is 11.7 Å². The Bertz CT molecular complexity index is 344. The van der Waals surface area contributed by atoms with Gasteiger partial charge in [-0.05, 0) is 0 Å². The molecule has 2 N–H and O–H groups in total. The van der Waals surface area contributed by atoms with E-state index in [-0.39, 0.29) is 0 Å². The molecule has 12 heteroatoms. The van der Waals surface area contributed by atoms with Gasteiger partial charge in [-0.25, -0.2) is 0 Å². The Morgan fingerprint density at radius 3 is 1.22 bits per heavy atom. The van der Waals surface area contributed by atoms with Gasteiger partial charge >= 0.3 is 24.1 Å². The highest BCUT2D eigenvalue weighted by atomic mass is 19.4. The Kier molecular flexibility index (Phi) is 4.01. The maximum atomic E-state index is 12.7. The second-order valence-electron chi connectivity index (χ2n) is 2.87. The van der Waals surface area contributed by atoms with E-state index in [0.717, 1.165) is 0 Å². The van der Waals surface area contributed by atoms with Crippen molar-refractivity contribution in [1.29, 1.82) is 0 Å². The summed E-state index contributed by atoms with van der Waals surface area (Å²) < 4.78 is 119. The molecule has 0 aliphatic heterocycles. The molecule has 0 rings (SSSR count).